The number of nitrogens with one attached hydrogen (secondary N) is 1. The number of halogens is 1. The minimum Gasteiger partial charge on any atom is -0.504 e. The molecule has 0 atom stereocenters. The molecule has 0 unspecified atom stereocenters. The molecule has 1 amide bonds. The van der Waals surface area contributed by atoms with Gasteiger partial charge in [-0.3, -0.25) is 19.9 Å². The number of carbonyl (C=O) groups is 1. The fraction of sp³-hybridized carbons (Fsp3) is 0.0714. The van der Waals surface area contributed by atoms with Crippen molar-refractivity contribution in [1.29, 1.82) is 0 Å². The number of non-ortho nitro benzene ring substituents is 1. The lowest BCUT2D eigenvalue weighted by atomic mass is 10.2. The van der Waals surface area contributed by atoms with Crippen LogP contribution in [-0.2, 0) is 0 Å². The van der Waals surface area contributed by atoms with Crippen LogP contribution in [0.3, 0.4) is 0 Å². The monoisotopic (exact) mass is 394 g/mol. The fourth-order valence-electron chi connectivity index (χ4n) is 1.73. The third kappa shape index (κ3) is 4.04. The van der Waals surface area contributed by atoms with E-state index in [1.807, 2.05) is 0 Å². The summed E-state index contributed by atoms with van der Waals surface area (Å²) in [6, 6.07) is 3.73. The van der Waals surface area contributed by atoms with E-state index >= 15 is 0 Å². The molecule has 10 heteroatoms. The van der Waals surface area contributed by atoms with Gasteiger partial charge in [-0.05, 0) is 22.0 Å². The molecule has 2 aromatic rings. The van der Waals surface area contributed by atoms with Crippen molar-refractivity contribution in [2.24, 2.45) is 5.10 Å². The van der Waals surface area contributed by atoms with Gasteiger partial charge in [-0.25, -0.2) is 5.43 Å². The Labute approximate surface area is 144 Å². The van der Waals surface area contributed by atoms with Crippen molar-refractivity contribution in [3.63, 3.8) is 0 Å². The Morgan fingerprint density at radius 2 is 2.21 bits per heavy atom. The molecule has 0 bridgehead atoms. The molecular weight excluding hydrogens is 384 g/mol. The van der Waals surface area contributed by atoms with Gasteiger partial charge in [0.15, 0.2) is 11.5 Å². The minimum atomic E-state index is -0.634. The number of hydrogen-bond donors (Lipinski definition) is 2. The number of nitrogens with zero attached hydrogens (tertiary/aromatic N) is 3. The van der Waals surface area contributed by atoms with Crippen LogP contribution in [0.5, 0.6) is 11.5 Å². The van der Waals surface area contributed by atoms with Gasteiger partial charge in [0, 0.05) is 28.5 Å². The molecule has 2 N–H and O–H groups in total. The molecule has 9 nitrogen and oxygen atoms in total. The van der Waals surface area contributed by atoms with Gasteiger partial charge in [0.25, 0.3) is 11.6 Å². The maximum Gasteiger partial charge on any atom is 0.274 e. The number of benzene rings is 1. The Kier molecular flexibility index (Phi) is 5.42. The summed E-state index contributed by atoms with van der Waals surface area (Å²) in [5, 5.41) is 24.5. The van der Waals surface area contributed by atoms with E-state index in [2.05, 4.69) is 31.4 Å². The number of carbonyl (C=O) groups excluding carboxylic acids is 1. The number of phenols is 1. The standard InChI is InChI=1S/C14H11BrN4O5/c1-24-12-4-11(19(22)23)3-8(13(12)20)6-17-18-14(21)9-2-10(15)7-16-5-9/h2-7,20H,1H3,(H,18,21). The van der Waals surface area contributed by atoms with Gasteiger partial charge >= 0.3 is 0 Å². The van der Waals surface area contributed by atoms with Crippen LogP contribution in [0.25, 0.3) is 0 Å². The molecule has 0 fully saturated rings. The van der Waals surface area contributed by atoms with Crippen LogP contribution in [0.4, 0.5) is 5.69 Å². The summed E-state index contributed by atoms with van der Waals surface area (Å²) in [6.45, 7) is 0. The number of nitro groups is 1. The highest BCUT2D eigenvalue weighted by molar-refractivity contribution is 9.10. The van der Waals surface area contributed by atoms with Gasteiger partial charge in [-0.15, -0.1) is 0 Å². The lowest BCUT2D eigenvalue weighted by molar-refractivity contribution is -0.385. The second-order valence-corrected chi connectivity index (χ2v) is 5.35. The normalized spacial score (nSPS) is 10.6. The number of aromatic nitrogens is 1. The zero-order chi connectivity index (χ0) is 17.7. The van der Waals surface area contributed by atoms with Gasteiger partial charge in [-0.1, -0.05) is 0 Å². The second-order valence-electron chi connectivity index (χ2n) is 4.43. The number of ether oxygens (including phenoxy) is 1. The zero-order valence-electron chi connectivity index (χ0n) is 12.3. The zero-order valence-corrected chi connectivity index (χ0v) is 13.8. The van der Waals surface area contributed by atoms with Gasteiger partial charge < -0.3 is 9.84 Å². The van der Waals surface area contributed by atoms with Crippen LogP contribution >= 0.6 is 15.9 Å². The first-order valence-corrected chi connectivity index (χ1v) is 7.21. The smallest absolute Gasteiger partial charge is 0.274 e. The first-order chi connectivity index (χ1) is 11.4. The number of pyridine rings is 1. The van der Waals surface area contributed by atoms with E-state index < -0.39 is 10.8 Å². The number of rotatable bonds is 5. The lowest BCUT2D eigenvalue weighted by Crippen LogP contribution is -2.17. The summed E-state index contributed by atoms with van der Waals surface area (Å²) in [7, 11) is 1.27. The Morgan fingerprint density at radius 1 is 1.46 bits per heavy atom. The van der Waals surface area contributed by atoms with E-state index in [1.165, 1.54) is 19.5 Å². The average Bonchev–Trinajstić information content (AvgIpc) is 2.56. The molecule has 1 aromatic heterocycles. The molecule has 0 saturated heterocycles. The maximum absolute atomic E-state index is 11.9. The number of amides is 1. The van der Waals surface area contributed by atoms with Crippen LogP contribution in [0, 0.1) is 10.1 Å². The average molecular weight is 395 g/mol. The largest absolute Gasteiger partial charge is 0.504 e. The van der Waals surface area contributed by atoms with Crippen molar-refractivity contribution in [2.45, 2.75) is 0 Å². The summed E-state index contributed by atoms with van der Waals surface area (Å²) in [5.74, 6) is -0.935. The molecule has 124 valence electrons. The van der Waals surface area contributed by atoms with Crippen molar-refractivity contribution in [1.82, 2.24) is 10.4 Å². The highest BCUT2D eigenvalue weighted by Crippen LogP contribution is 2.33. The molecule has 0 spiro atoms. The lowest BCUT2D eigenvalue weighted by Gasteiger charge is -2.06. The molecule has 2 rings (SSSR count). The number of nitro benzene ring substituents is 1. The van der Waals surface area contributed by atoms with E-state index in [-0.39, 0.29) is 28.3 Å². The number of hydrazone groups is 1. The maximum atomic E-state index is 11.9. The van der Waals surface area contributed by atoms with E-state index in [1.54, 1.807) is 6.07 Å². The number of hydrogen-bond acceptors (Lipinski definition) is 7. The van der Waals surface area contributed by atoms with Crippen LogP contribution in [-0.4, -0.2) is 34.2 Å². The Balaban J connectivity index is 2.21. The fourth-order valence-corrected chi connectivity index (χ4v) is 2.10. The van der Waals surface area contributed by atoms with E-state index in [0.29, 0.717) is 4.47 Å². The number of aromatic hydroxyl groups is 1. The SMILES string of the molecule is COc1cc([N+](=O)[O-])cc(C=NNC(=O)c2cncc(Br)c2)c1O. The first kappa shape index (κ1) is 17.3. The summed E-state index contributed by atoms with van der Waals surface area (Å²) in [6.07, 6.45) is 3.95. The van der Waals surface area contributed by atoms with Crippen LogP contribution in [0.2, 0.25) is 0 Å². The van der Waals surface area contributed by atoms with Gasteiger partial charge in [-0.2, -0.15) is 5.10 Å². The van der Waals surface area contributed by atoms with Gasteiger partial charge in [0.1, 0.15) is 0 Å². The predicted molar refractivity (Wildman–Crippen MR) is 88.3 cm³/mol. The highest BCUT2D eigenvalue weighted by atomic mass is 79.9. The quantitative estimate of drug-likeness (QED) is 0.454. The first-order valence-electron chi connectivity index (χ1n) is 6.41. The Hall–Kier alpha value is -3.01. The van der Waals surface area contributed by atoms with Crippen LogP contribution in [0.1, 0.15) is 15.9 Å². The molecule has 0 saturated carbocycles. The molecule has 0 radical (unpaired) electrons. The van der Waals surface area contributed by atoms with Crippen molar-refractivity contribution < 1.29 is 19.6 Å². The molecule has 1 aromatic carbocycles. The van der Waals surface area contributed by atoms with Crippen molar-refractivity contribution in [3.8, 4) is 11.5 Å². The topological polar surface area (TPSA) is 127 Å². The summed E-state index contributed by atoms with van der Waals surface area (Å²) in [5.41, 5.74) is 2.24. The van der Waals surface area contributed by atoms with E-state index in [4.69, 9.17) is 4.74 Å². The molecule has 24 heavy (non-hydrogen) atoms. The van der Waals surface area contributed by atoms with Crippen molar-refractivity contribution in [2.75, 3.05) is 7.11 Å². The Bertz CT molecular complexity index is 825. The summed E-state index contributed by atoms with van der Waals surface area (Å²) >= 11 is 3.19. The van der Waals surface area contributed by atoms with Crippen LogP contribution < -0.4 is 10.2 Å². The minimum absolute atomic E-state index is 0.0220. The van der Waals surface area contributed by atoms with Gasteiger partial charge in [0.2, 0.25) is 0 Å². The second kappa shape index (κ2) is 7.51. The van der Waals surface area contributed by atoms with E-state index in [0.717, 1.165) is 18.3 Å². The molecule has 0 aliphatic carbocycles. The van der Waals surface area contributed by atoms with Gasteiger partial charge in [0.05, 0.1) is 29.9 Å². The highest BCUT2D eigenvalue weighted by Gasteiger charge is 2.15. The molecular formula is C14H11BrN4O5. The Morgan fingerprint density at radius 3 is 2.83 bits per heavy atom. The van der Waals surface area contributed by atoms with Crippen LogP contribution in [0.15, 0.2) is 40.2 Å². The third-order valence-corrected chi connectivity index (χ3v) is 3.29. The summed E-state index contributed by atoms with van der Waals surface area (Å²) in [4.78, 5) is 26.0. The molecule has 0 aliphatic heterocycles. The molecule has 0 aliphatic rings. The van der Waals surface area contributed by atoms with E-state index in [9.17, 15) is 20.0 Å². The predicted octanol–water partition coefficient (Wildman–Crippen LogP) is 2.23. The van der Waals surface area contributed by atoms with Crippen molar-refractivity contribution in [3.05, 3.63) is 56.3 Å². The number of methoxy groups -OCH3 is 1. The van der Waals surface area contributed by atoms with Crippen molar-refractivity contribution >= 4 is 33.7 Å². The number of phenolic OH excluding ortho intramolecular Hbond substituents is 1. The molecule has 1 heterocycles. The third-order valence-electron chi connectivity index (χ3n) is 2.86. The summed E-state index contributed by atoms with van der Waals surface area (Å²) < 4.78 is 5.49.